The van der Waals surface area contributed by atoms with Crippen molar-refractivity contribution in [3.63, 3.8) is 0 Å². The van der Waals surface area contributed by atoms with E-state index in [-0.39, 0.29) is 23.0 Å². The van der Waals surface area contributed by atoms with Crippen LogP contribution >= 0.6 is 0 Å². The van der Waals surface area contributed by atoms with Gasteiger partial charge in [0.2, 0.25) is 0 Å². The second-order valence-electron chi connectivity index (χ2n) is 5.49. The molecule has 0 aliphatic heterocycles. The summed E-state index contributed by atoms with van der Waals surface area (Å²) in [6.07, 6.45) is 0.478. The highest BCUT2D eigenvalue weighted by molar-refractivity contribution is 6.07. The van der Waals surface area contributed by atoms with Gasteiger partial charge < -0.3 is 10.2 Å². The van der Waals surface area contributed by atoms with Crippen molar-refractivity contribution in [3.05, 3.63) is 58.9 Å². The maximum Gasteiger partial charge on any atom is 0.335 e. The van der Waals surface area contributed by atoms with Crippen LogP contribution in [0.1, 0.15) is 40.7 Å². The van der Waals surface area contributed by atoms with Gasteiger partial charge >= 0.3 is 5.97 Å². The summed E-state index contributed by atoms with van der Waals surface area (Å²) in [5.41, 5.74) is 4.81. The largest absolute Gasteiger partial charge is 0.872 e. The first-order chi connectivity index (χ1) is 11.0. The molecular weight excluding hydrogens is 299 g/mol. The van der Waals surface area contributed by atoms with Crippen LogP contribution in [0.2, 0.25) is 0 Å². The molecule has 0 heterocycles. The number of halogens is 1. The average molecular weight is 313 g/mol. The van der Waals surface area contributed by atoms with E-state index in [1.165, 1.54) is 24.3 Å². The van der Waals surface area contributed by atoms with Crippen molar-refractivity contribution in [1.82, 2.24) is 0 Å². The van der Waals surface area contributed by atoms with E-state index in [4.69, 9.17) is 5.11 Å². The fourth-order valence-electron chi connectivity index (χ4n) is 2.77. The molecule has 6 heteroatoms. The molecule has 0 saturated carbocycles. The van der Waals surface area contributed by atoms with Gasteiger partial charge in [-0.1, -0.05) is 18.7 Å². The summed E-state index contributed by atoms with van der Waals surface area (Å²) in [5.74, 6) is -1.74. The molecular formula is C17H14FN2O3-. The van der Waals surface area contributed by atoms with Crippen molar-refractivity contribution in [2.75, 3.05) is 5.43 Å². The maximum atomic E-state index is 13.9. The Labute approximate surface area is 132 Å². The summed E-state index contributed by atoms with van der Waals surface area (Å²) < 4.78 is 13.9. The maximum absolute atomic E-state index is 13.9. The minimum Gasteiger partial charge on any atom is -0.872 e. The highest BCUT2D eigenvalue weighted by Gasteiger charge is 2.28. The lowest BCUT2D eigenvalue weighted by Crippen LogP contribution is -2.05. The second kappa shape index (κ2) is 5.72. The van der Waals surface area contributed by atoms with E-state index in [0.29, 0.717) is 28.9 Å². The van der Waals surface area contributed by atoms with Gasteiger partial charge in [0.25, 0.3) is 0 Å². The van der Waals surface area contributed by atoms with E-state index in [0.717, 1.165) is 0 Å². The van der Waals surface area contributed by atoms with E-state index in [2.05, 4.69) is 10.5 Å². The Bertz CT molecular complexity index is 800. The second-order valence-corrected chi connectivity index (χ2v) is 5.49. The van der Waals surface area contributed by atoms with Gasteiger partial charge in [0, 0.05) is 0 Å². The first-order valence-electron chi connectivity index (χ1n) is 7.13. The van der Waals surface area contributed by atoms with Crippen LogP contribution in [0.15, 0.2) is 41.5 Å². The van der Waals surface area contributed by atoms with Gasteiger partial charge in [-0.15, -0.1) is 0 Å². The summed E-state index contributed by atoms with van der Waals surface area (Å²) in [7, 11) is 0. The van der Waals surface area contributed by atoms with Gasteiger partial charge in [0.15, 0.2) is 0 Å². The molecule has 0 aromatic heterocycles. The Morgan fingerprint density at radius 3 is 2.65 bits per heavy atom. The third-order valence-electron chi connectivity index (χ3n) is 3.89. The zero-order chi connectivity index (χ0) is 16.6. The Balaban J connectivity index is 1.88. The minimum absolute atomic E-state index is 0.103. The molecule has 2 N–H and O–H groups in total. The number of hydrazone groups is 1. The third kappa shape index (κ3) is 2.75. The van der Waals surface area contributed by atoms with Gasteiger partial charge in [-0.3, -0.25) is 5.43 Å². The predicted octanol–water partition coefficient (Wildman–Crippen LogP) is 2.92. The number of carbonyl (C=O) groups is 1. The van der Waals surface area contributed by atoms with Crippen LogP contribution in [-0.2, 0) is 0 Å². The van der Waals surface area contributed by atoms with Crippen LogP contribution in [0.5, 0.6) is 5.75 Å². The molecule has 3 rings (SSSR count). The number of aromatic carboxylic acids is 1. The number of benzene rings is 2. The number of fused-ring (bicyclic) bond motifs is 1. The topological polar surface area (TPSA) is 84.8 Å². The molecule has 0 radical (unpaired) electrons. The van der Waals surface area contributed by atoms with Crippen molar-refractivity contribution in [2.45, 2.75) is 19.3 Å². The highest BCUT2D eigenvalue weighted by atomic mass is 19.1. The molecule has 0 fully saturated rings. The van der Waals surface area contributed by atoms with Crippen LogP contribution in [0.3, 0.4) is 0 Å². The summed E-state index contributed by atoms with van der Waals surface area (Å²) in [5, 5.41) is 25.1. The molecule has 0 saturated heterocycles. The standard InChI is InChI=1S/C17H15FN2O3/c1-9-8-13(16-14(21)7-6-12(18)15(9)16)20-19-11-4-2-10(3-5-11)17(22)23/h2-7,9,19,21H,8H2,1H3,(H,22,23)/p-1/b20-13+/t9-/m1/s1. The van der Waals surface area contributed by atoms with Crippen LogP contribution in [0, 0.1) is 5.82 Å². The third-order valence-corrected chi connectivity index (χ3v) is 3.89. The number of nitrogens with zero attached hydrogens (tertiary/aromatic N) is 1. The van der Waals surface area contributed by atoms with E-state index >= 15 is 0 Å². The lowest BCUT2D eigenvalue weighted by molar-refractivity contribution is -0.268. The van der Waals surface area contributed by atoms with E-state index < -0.39 is 5.97 Å². The van der Waals surface area contributed by atoms with Crippen molar-refractivity contribution in [1.29, 1.82) is 0 Å². The monoisotopic (exact) mass is 313 g/mol. The normalized spacial score (nSPS) is 18.0. The van der Waals surface area contributed by atoms with Gasteiger partial charge in [-0.25, -0.2) is 9.18 Å². The molecule has 23 heavy (non-hydrogen) atoms. The van der Waals surface area contributed by atoms with Gasteiger partial charge in [-0.05, 0) is 53.8 Å². The molecule has 1 aliphatic rings. The van der Waals surface area contributed by atoms with E-state index in [1.807, 2.05) is 6.92 Å². The van der Waals surface area contributed by atoms with Gasteiger partial charge in [0.05, 0.1) is 17.0 Å². The number of rotatable bonds is 3. The average Bonchev–Trinajstić information content (AvgIpc) is 2.87. The van der Waals surface area contributed by atoms with Crippen LogP contribution in [-0.4, -0.2) is 16.8 Å². The number of nitrogens with one attached hydrogen (secondary N) is 1. The van der Waals surface area contributed by atoms with Crippen LogP contribution < -0.4 is 10.5 Å². The fourth-order valence-corrected chi connectivity index (χ4v) is 2.77. The van der Waals surface area contributed by atoms with Gasteiger partial charge in [-0.2, -0.15) is 5.10 Å². The quantitative estimate of drug-likeness (QED) is 0.853. The van der Waals surface area contributed by atoms with Crippen molar-refractivity contribution < 1.29 is 19.4 Å². The number of carboxylic acids is 1. The SMILES string of the molecule is C[C@@H]1C/C(=N\Nc2ccc(C(=O)O)cc2)c2c([O-])ccc(F)c21. The van der Waals surface area contributed by atoms with Crippen molar-refractivity contribution in [3.8, 4) is 5.75 Å². The Hall–Kier alpha value is -2.89. The first kappa shape index (κ1) is 15.0. The van der Waals surface area contributed by atoms with E-state index in [9.17, 15) is 14.3 Å². The Morgan fingerprint density at radius 2 is 2.00 bits per heavy atom. The Kier molecular flexibility index (Phi) is 3.73. The molecule has 0 amide bonds. The molecule has 1 aliphatic carbocycles. The molecule has 118 valence electrons. The molecule has 0 bridgehead atoms. The summed E-state index contributed by atoms with van der Waals surface area (Å²) >= 11 is 0. The summed E-state index contributed by atoms with van der Waals surface area (Å²) in [6.45, 7) is 1.85. The lowest BCUT2D eigenvalue weighted by atomic mass is 10.0. The molecule has 5 nitrogen and oxygen atoms in total. The Morgan fingerprint density at radius 1 is 1.30 bits per heavy atom. The number of carboxylic acid groups (broad SMARTS) is 1. The fraction of sp³-hybridized carbons (Fsp3) is 0.176. The first-order valence-corrected chi connectivity index (χ1v) is 7.13. The predicted molar refractivity (Wildman–Crippen MR) is 82.4 cm³/mol. The number of anilines is 1. The highest BCUT2D eigenvalue weighted by Crippen LogP contribution is 2.38. The zero-order valence-corrected chi connectivity index (χ0v) is 12.3. The molecule has 0 unspecified atom stereocenters. The molecule has 1 atom stereocenters. The van der Waals surface area contributed by atoms with Crippen molar-refractivity contribution in [2.24, 2.45) is 5.10 Å². The molecule has 2 aromatic carbocycles. The van der Waals surface area contributed by atoms with Crippen LogP contribution in [0.25, 0.3) is 0 Å². The zero-order valence-electron chi connectivity index (χ0n) is 12.3. The van der Waals surface area contributed by atoms with Gasteiger partial charge in [0.1, 0.15) is 5.82 Å². The molecule has 2 aromatic rings. The summed E-state index contributed by atoms with van der Waals surface area (Å²) in [6, 6.07) is 8.47. The molecule has 0 spiro atoms. The number of hydrogen-bond donors (Lipinski definition) is 2. The lowest BCUT2D eigenvalue weighted by Gasteiger charge is -2.14. The summed E-state index contributed by atoms with van der Waals surface area (Å²) in [4.78, 5) is 10.8. The van der Waals surface area contributed by atoms with Crippen LogP contribution in [0.4, 0.5) is 10.1 Å². The minimum atomic E-state index is -1.01. The van der Waals surface area contributed by atoms with Crippen molar-refractivity contribution >= 4 is 17.4 Å². The van der Waals surface area contributed by atoms with E-state index in [1.54, 1.807) is 12.1 Å². The number of hydrogen-bond acceptors (Lipinski definition) is 4. The smallest absolute Gasteiger partial charge is 0.335 e.